The molecular weight excluding hydrogens is 386 g/mol. The number of allylic oxidation sites excluding steroid dienone is 1. The Balaban J connectivity index is 1.56. The third-order valence-corrected chi connectivity index (χ3v) is 5.12. The van der Waals surface area contributed by atoms with Crippen LogP contribution in [0.1, 0.15) is 5.01 Å². The summed E-state index contributed by atoms with van der Waals surface area (Å²) >= 11 is 1.40. The van der Waals surface area contributed by atoms with Crippen LogP contribution in [0.15, 0.2) is 75.4 Å². The van der Waals surface area contributed by atoms with Crippen molar-refractivity contribution in [1.29, 1.82) is 5.26 Å². The van der Waals surface area contributed by atoms with Crippen molar-refractivity contribution < 1.29 is 9.15 Å². The van der Waals surface area contributed by atoms with Gasteiger partial charge in [-0.15, -0.1) is 11.3 Å². The van der Waals surface area contributed by atoms with E-state index in [4.69, 9.17) is 9.15 Å². The van der Waals surface area contributed by atoms with Gasteiger partial charge in [-0.1, -0.05) is 0 Å². The number of methoxy groups -OCH3 is 1. The largest absolute Gasteiger partial charge is 0.497 e. The number of ether oxygens (including phenoxy) is 1. The topological polar surface area (TPSA) is 88.1 Å². The molecule has 4 aromatic rings. The van der Waals surface area contributed by atoms with E-state index in [1.165, 1.54) is 17.4 Å². The molecule has 29 heavy (non-hydrogen) atoms. The molecule has 142 valence electrons. The Morgan fingerprint density at radius 3 is 2.79 bits per heavy atom. The highest BCUT2D eigenvalue weighted by Crippen LogP contribution is 2.27. The van der Waals surface area contributed by atoms with Crippen molar-refractivity contribution in [1.82, 2.24) is 4.98 Å². The van der Waals surface area contributed by atoms with Gasteiger partial charge < -0.3 is 14.5 Å². The number of benzene rings is 2. The van der Waals surface area contributed by atoms with Crippen LogP contribution >= 0.6 is 11.3 Å². The van der Waals surface area contributed by atoms with E-state index < -0.39 is 0 Å². The quantitative estimate of drug-likeness (QED) is 0.378. The van der Waals surface area contributed by atoms with Gasteiger partial charge >= 0.3 is 5.63 Å². The molecule has 2 aromatic carbocycles. The fourth-order valence-corrected chi connectivity index (χ4v) is 3.55. The van der Waals surface area contributed by atoms with Gasteiger partial charge in [0.2, 0.25) is 0 Å². The summed E-state index contributed by atoms with van der Waals surface area (Å²) in [6, 6.07) is 18.2. The van der Waals surface area contributed by atoms with Crippen molar-refractivity contribution in [3.8, 4) is 23.1 Å². The van der Waals surface area contributed by atoms with E-state index in [0.717, 1.165) is 28.1 Å². The monoisotopic (exact) mass is 401 g/mol. The zero-order chi connectivity index (χ0) is 20.2. The lowest BCUT2D eigenvalue weighted by Gasteiger charge is -2.03. The first-order valence-electron chi connectivity index (χ1n) is 8.67. The van der Waals surface area contributed by atoms with Crippen molar-refractivity contribution in [3.63, 3.8) is 0 Å². The van der Waals surface area contributed by atoms with Gasteiger partial charge in [-0.2, -0.15) is 5.26 Å². The Kier molecular flexibility index (Phi) is 5.10. The molecule has 0 atom stereocenters. The number of rotatable bonds is 5. The fourth-order valence-electron chi connectivity index (χ4n) is 2.75. The molecule has 0 unspecified atom stereocenters. The number of thiazole rings is 1. The number of nitrogens with zero attached hydrogens (tertiary/aromatic N) is 2. The molecule has 0 aliphatic carbocycles. The zero-order valence-corrected chi connectivity index (χ0v) is 16.2. The smallest absolute Gasteiger partial charge is 0.336 e. The maximum atomic E-state index is 11.3. The van der Waals surface area contributed by atoms with Crippen LogP contribution in [-0.2, 0) is 0 Å². The van der Waals surface area contributed by atoms with E-state index in [1.807, 2.05) is 35.7 Å². The first-order valence-corrected chi connectivity index (χ1v) is 9.55. The van der Waals surface area contributed by atoms with Gasteiger partial charge in [0.1, 0.15) is 28.0 Å². The summed E-state index contributed by atoms with van der Waals surface area (Å²) in [5, 5.41) is 16.0. The Hall–Kier alpha value is -3.89. The summed E-state index contributed by atoms with van der Waals surface area (Å²) in [6.07, 6.45) is 1.62. The average Bonchev–Trinajstić information content (AvgIpc) is 3.24. The van der Waals surface area contributed by atoms with Crippen molar-refractivity contribution >= 4 is 33.6 Å². The standard InChI is InChI=1S/C22H15N3O3S/c1-27-18-6-2-14(3-7-18)19-13-29-22(25-19)16(11-23)12-24-17-5-8-20-15(10-17)4-9-21(26)28-20/h2-10,12-13,24H,1H3/b16-12+. The van der Waals surface area contributed by atoms with Gasteiger partial charge in [0.05, 0.1) is 12.8 Å². The molecule has 2 aromatic heterocycles. The third-order valence-electron chi connectivity index (χ3n) is 4.24. The number of anilines is 1. The zero-order valence-electron chi connectivity index (χ0n) is 15.4. The first-order chi connectivity index (χ1) is 14.2. The van der Waals surface area contributed by atoms with Gasteiger partial charge in [0, 0.05) is 34.3 Å². The lowest BCUT2D eigenvalue weighted by atomic mass is 10.2. The molecule has 0 aliphatic rings. The van der Waals surface area contributed by atoms with E-state index in [-0.39, 0.29) is 5.63 Å². The van der Waals surface area contributed by atoms with E-state index in [1.54, 1.807) is 31.5 Å². The SMILES string of the molecule is COc1ccc(-c2csc(/C(C#N)=C/Nc3ccc4oc(=O)ccc4c3)n2)cc1. The molecular formula is C22H15N3O3S. The van der Waals surface area contributed by atoms with Crippen molar-refractivity contribution in [2.45, 2.75) is 0 Å². The third kappa shape index (κ3) is 4.03. The van der Waals surface area contributed by atoms with Crippen LogP contribution < -0.4 is 15.7 Å². The number of fused-ring (bicyclic) bond motifs is 1. The second-order valence-corrected chi connectivity index (χ2v) is 6.95. The van der Waals surface area contributed by atoms with Crippen LogP contribution in [0.2, 0.25) is 0 Å². The normalized spacial score (nSPS) is 11.2. The van der Waals surface area contributed by atoms with Crippen LogP contribution in [-0.4, -0.2) is 12.1 Å². The lowest BCUT2D eigenvalue weighted by molar-refractivity contribution is 0.415. The molecule has 0 fully saturated rings. The van der Waals surface area contributed by atoms with E-state index in [0.29, 0.717) is 16.2 Å². The highest BCUT2D eigenvalue weighted by molar-refractivity contribution is 7.11. The predicted octanol–water partition coefficient (Wildman–Crippen LogP) is 4.90. The minimum absolute atomic E-state index is 0.388. The summed E-state index contributed by atoms with van der Waals surface area (Å²) in [7, 11) is 1.62. The molecule has 6 nitrogen and oxygen atoms in total. The van der Waals surface area contributed by atoms with Gasteiger partial charge in [-0.25, -0.2) is 9.78 Å². The van der Waals surface area contributed by atoms with Crippen LogP contribution in [0, 0.1) is 11.3 Å². The van der Waals surface area contributed by atoms with Gasteiger partial charge in [0.25, 0.3) is 0 Å². The van der Waals surface area contributed by atoms with Gasteiger partial charge in [-0.3, -0.25) is 0 Å². The lowest BCUT2D eigenvalue weighted by Crippen LogP contribution is -1.95. The fraction of sp³-hybridized carbons (Fsp3) is 0.0455. The van der Waals surface area contributed by atoms with E-state index in [2.05, 4.69) is 16.4 Å². The molecule has 7 heteroatoms. The molecule has 1 N–H and O–H groups in total. The van der Waals surface area contributed by atoms with E-state index in [9.17, 15) is 10.1 Å². The van der Waals surface area contributed by atoms with Crippen LogP contribution in [0.5, 0.6) is 5.75 Å². The minimum Gasteiger partial charge on any atom is -0.497 e. The van der Waals surface area contributed by atoms with Crippen LogP contribution in [0.25, 0.3) is 27.8 Å². The van der Waals surface area contributed by atoms with E-state index >= 15 is 0 Å². The maximum absolute atomic E-state index is 11.3. The summed E-state index contributed by atoms with van der Waals surface area (Å²) in [5.41, 5.74) is 3.07. The van der Waals surface area contributed by atoms with Crippen LogP contribution in [0.3, 0.4) is 0 Å². The number of hydrogen-bond acceptors (Lipinski definition) is 7. The minimum atomic E-state index is -0.388. The molecule has 0 aliphatic heterocycles. The predicted molar refractivity (Wildman–Crippen MR) is 114 cm³/mol. The molecule has 4 rings (SSSR count). The Morgan fingerprint density at radius 2 is 2.03 bits per heavy atom. The highest BCUT2D eigenvalue weighted by Gasteiger charge is 2.09. The number of nitriles is 1. The molecule has 0 saturated heterocycles. The molecule has 0 saturated carbocycles. The van der Waals surface area contributed by atoms with Crippen LogP contribution in [0.4, 0.5) is 5.69 Å². The highest BCUT2D eigenvalue weighted by atomic mass is 32.1. The Bertz CT molecular complexity index is 1300. The van der Waals surface area contributed by atoms with Crippen molar-refractivity contribution in [2.75, 3.05) is 12.4 Å². The number of nitrogens with one attached hydrogen (secondary N) is 1. The Morgan fingerprint density at radius 1 is 1.21 bits per heavy atom. The molecule has 0 bridgehead atoms. The summed E-state index contributed by atoms with van der Waals surface area (Å²) in [5.74, 6) is 0.778. The molecule has 0 radical (unpaired) electrons. The maximum Gasteiger partial charge on any atom is 0.336 e. The molecule has 0 amide bonds. The number of hydrogen-bond donors (Lipinski definition) is 1. The Labute approximate surface area is 170 Å². The number of aromatic nitrogens is 1. The summed E-state index contributed by atoms with van der Waals surface area (Å²) < 4.78 is 10.3. The summed E-state index contributed by atoms with van der Waals surface area (Å²) in [6.45, 7) is 0. The molecule has 0 spiro atoms. The second-order valence-electron chi connectivity index (χ2n) is 6.09. The second kappa shape index (κ2) is 8.00. The van der Waals surface area contributed by atoms with Crippen molar-refractivity contribution in [2.24, 2.45) is 0 Å². The van der Waals surface area contributed by atoms with Gasteiger partial charge in [0.15, 0.2) is 0 Å². The van der Waals surface area contributed by atoms with Gasteiger partial charge in [-0.05, 0) is 48.5 Å². The van der Waals surface area contributed by atoms with Crippen molar-refractivity contribution in [3.05, 3.63) is 81.6 Å². The first kappa shape index (κ1) is 18.5. The average molecular weight is 401 g/mol. The summed E-state index contributed by atoms with van der Waals surface area (Å²) in [4.78, 5) is 15.9. The molecule has 2 heterocycles.